The van der Waals surface area contributed by atoms with Crippen molar-refractivity contribution in [2.45, 2.75) is 13.8 Å². The zero-order valence-corrected chi connectivity index (χ0v) is 20.5. The van der Waals surface area contributed by atoms with E-state index in [-0.39, 0.29) is 33.8 Å². The molecule has 0 saturated carbocycles. The van der Waals surface area contributed by atoms with Gasteiger partial charge in [-0.15, -0.1) is 0 Å². The number of fused-ring (bicyclic) bond motifs is 8. The molecule has 0 spiro atoms. The molecule has 2 aliphatic rings. The van der Waals surface area contributed by atoms with Gasteiger partial charge in [0.1, 0.15) is 11.1 Å². The molecule has 0 amide bonds. The Bertz CT molecular complexity index is 1980. The number of H-pyrrole nitrogens is 2. The molecule has 6 aromatic rings. The van der Waals surface area contributed by atoms with Crippen molar-refractivity contribution in [3.8, 4) is 22.8 Å². The molecule has 0 aliphatic carbocycles. The minimum Gasteiger partial charge on any atom is -0.352 e. The first-order chi connectivity index (χ1) is 18.4. The van der Waals surface area contributed by atoms with Crippen LogP contribution in [-0.4, -0.2) is 30.9 Å². The van der Waals surface area contributed by atoms with Gasteiger partial charge in [0.25, 0.3) is 11.8 Å². The van der Waals surface area contributed by atoms with Crippen molar-refractivity contribution in [1.82, 2.24) is 19.1 Å². The summed E-state index contributed by atoms with van der Waals surface area (Å²) in [5.41, 5.74) is 6.44. The number of aryl methyl sites for hydroxylation is 2. The maximum atomic E-state index is 12.5. The highest BCUT2D eigenvalue weighted by Crippen LogP contribution is 2.34. The smallest absolute Gasteiger partial charge is 0.268 e. The third-order valence-electron chi connectivity index (χ3n) is 7.33. The van der Waals surface area contributed by atoms with Gasteiger partial charge in [-0.25, -0.2) is 0 Å². The Morgan fingerprint density at radius 2 is 0.947 bits per heavy atom. The molecule has 8 nitrogen and oxygen atoms in total. The highest BCUT2D eigenvalue weighted by molar-refractivity contribution is 6.11. The number of rotatable bonds is 0. The molecule has 2 aliphatic heterocycles. The maximum Gasteiger partial charge on any atom is 0.268 e. The first-order valence-corrected chi connectivity index (χ1v) is 12.1. The molecule has 0 bridgehead atoms. The first kappa shape index (κ1) is 22.0. The van der Waals surface area contributed by atoms with E-state index in [1.807, 2.05) is 50.2 Å². The molecule has 38 heavy (non-hydrogen) atoms. The first-order valence-electron chi connectivity index (χ1n) is 12.1. The van der Waals surface area contributed by atoms with E-state index in [0.717, 1.165) is 33.5 Å². The lowest BCUT2D eigenvalue weighted by Gasteiger charge is -2.03. The van der Waals surface area contributed by atoms with Crippen LogP contribution in [0.1, 0.15) is 31.8 Å². The van der Waals surface area contributed by atoms with E-state index >= 15 is 0 Å². The minimum absolute atomic E-state index is 0.197. The Hall–Kier alpha value is -5.24. The third-order valence-corrected chi connectivity index (χ3v) is 7.33. The molecule has 8 rings (SSSR count). The Morgan fingerprint density at radius 1 is 0.553 bits per heavy atom. The lowest BCUT2D eigenvalue weighted by molar-refractivity contribution is 0.0960. The molecule has 2 aromatic carbocycles. The second-order valence-corrected chi connectivity index (χ2v) is 9.54. The van der Waals surface area contributed by atoms with E-state index in [4.69, 9.17) is 0 Å². The van der Waals surface area contributed by atoms with Crippen LogP contribution in [0.3, 0.4) is 0 Å². The number of hydrogen-bond donors (Lipinski definition) is 2. The van der Waals surface area contributed by atoms with Crippen molar-refractivity contribution < 1.29 is 9.59 Å². The number of nitrogens with one attached hydrogen (secondary N) is 2. The predicted molar refractivity (Wildman–Crippen MR) is 145 cm³/mol. The summed E-state index contributed by atoms with van der Waals surface area (Å²) in [6.07, 6.45) is 3.43. The predicted octanol–water partition coefficient (Wildman–Crippen LogP) is 4.61. The lowest BCUT2D eigenvalue weighted by Crippen LogP contribution is -2.16. The van der Waals surface area contributed by atoms with Gasteiger partial charge in [-0.3, -0.25) is 28.3 Å². The van der Waals surface area contributed by atoms with Crippen LogP contribution >= 0.6 is 0 Å². The van der Waals surface area contributed by atoms with Crippen molar-refractivity contribution in [2.75, 3.05) is 0 Å². The van der Waals surface area contributed by atoms with Gasteiger partial charge >= 0.3 is 0 Å². The quantitative estimate of drug-likeness (QED) is 0.317. The molecule has 0 atom stereocenters. The second-order valence-electron chi connectivity index (χ2n) is 9.54. The lowest BCUT2D eigenvalue weighted by atomic mass is 10.1. The average Bonchev–Trinajstić information content (AvgIpc) is 3.64. The van der Waals surface area contributed by atoms with Crippen molar-refractivity contribution in [1.29, 1.82) is 0 Å². The van der Waals surface area contributed by atoms with Gasteiger partial charge in [0, 0.05) is 34.2 Å². The zero-order chi connectivity index (χ0) is 26.3. The summed E-state index contributed by atoms with van der Waals surface area (Å²) in [6, 6.07) is 18.3. The standard InChI is InChI=1S/2C15H10N2O2/c2*1-8-6-7-17-13(8)12-11(15(17)19)14(18)9-4-2-3-5-10(9)16-12/h2*2-7H,1H3,(H,16,18). The summed E-state index contributed by atoms with van der Waals surface area (Å²) >= 11 is 0. The van der Waals surface area contributed by atoms with Crippen LogP contribution in [0, 0.1) is 13.8 Å². The van der Waals surface area contributed by atoms with Gasteiger partial charge < -0.3 is 9.97 Å². The fourth-order valence-corrected chi connectivity index (χ4v) is 5.51. The van der Waals surface area contributed by atoms with E-state index in [0.29, 0.717) is 22.2 Å². The summed E-state index contributed by atoms with van der Waals surface area (Å²) in [6.45, 7) is 3.86. The minimum atomic E-state index is -0.245. The van der Waals surface area contributed by atoms with Gasteiger partial charge in [0.05, 0.1) is 22.8 Å². The molecule has 2 N–H and O–H groups in total. The van der Waals surface area contributed by atoms with Crippen molar-refractivity contribution in [2.24, 2.45) is 0 Å². The fraction of sp³-hybridized carbons (Fsp3) is 0.0667. The van der Waals surface area contributed by atoms with E-state index in [1.165, 1.54) is 9.13 Å². The van der Waals surface area contributed by atoms with E-state index in [9.17, 15) is 19.2 Å². The normalized spacial score (nSPS) is 12.8. The summed E-state index contributed by atoms with van der Waals surface area (Å²) < 4.78 is 3.08. The van der Waals surface area contributed by atoms with Crippen LogP contribution in [0.15, 0.2) is 82.6 Å². The third kappa shape index (κ3) is 2.79. The summed E-state index contributed by atoms with van der Waals surface area (Å²) in [4.78, 5) is 56.0. The molecule has 184 valence electrons. The van der Waals surface area contributed by atoms with E-state index < -0.39 is 0 Å². The number of aromatic nitrogens is 4. The number of pyridine rings is 2. The number of carbonyl (C=O) groups excluding carboxylic acids is 2. The van der Waals surface area contributed by atoms with Gasteiger partial charge in [-0.2, -0.15) is 0 Å². The highest BCUT2D eigenvalue weighted by atomic mass is 16.2. The fourth-order valence-electron chi connectivity index (χ4n) is 5.51. The highest BCUT2D eigenvalue weighted by Gasteiger charge is 2.33. The van der Waals surface area contributed by atoms with Crippen LogP contribution in [0.25, 0.3) is 44.6 Å². The van der Waals surface area contributed by atoms with Gasteiger partial charge in [-0.05, 0) is 61.4 Å². The van der Waals surface area contributed by atoms with Crippen LogP contribution in [0.2, 0.25) is 0 Å². The largest absolute Gasteiger partial charge is 0.352 e. The summed E-state index contributed by atoms with van der Waals surface area (Å²) in [5.74, 6) is -0.491. The number of carbonyl (C=O) groups is 2. The number of hydrogen-bond acceptors (Lipinski definition) is 4. The van der Waals surface area contributed by atoms with Crippen LogP contribution in [-0.2, 0) is 0 Å². The monoisotopic (exact) mass is 500 g/mol. The van der Waals surface area contributed by atoms with Gasteiger partial charge in [0.15, 0.2) is 0 Å². The van der Waals surface area contributed by atoms with Crippen LogP contribution in [0.4, 0.5) is 0 Å². The Morgan fingerprint density at radius 3 is 1.37 bits per heavy atom. The summed E-state index contributed by atoms with van der Waals surface area (Å²) in [5, 5.41) is 1.11. The molecule has 0 radical (unpaired) electrons. The van der Waals surface area contributed by atoms with Gasteiger partial charge in [0.2, 0.25) is 10.9 Å². The number of benzene rings is 2. The van der Waals surface area contributed by atoms with Crippen molar-refractivity contribution in [3.63, 3.8) is 0 Å². The number of aromatic amines is 2. The topological polar surface area (TPSA) is 110 Å². The molecule has 0 unspecified atom stereocenters. The zero-order valence-electron chi connectivity index (χ0n) is 20.5. The van der Waals surface area contributed by atoms with E-state index in [1.54, 1.807) is 36.7 Å². The van der Waals surface area contributed by atoms with E-state index in [2.05, 4.69) is 9.97 Å². The summed E-state index contributed by atoms with van der Waals surface area (Å²) in [7, 11) is 0. The number of para-hydroxylation sites is 2. The Balaban J connectivity index is 0.000000127. The van der Waals surface area contributed by atoms with Gasteiger partial charge in [-0.1, -0.05) is 24.3 Å². The SMILES string of the molecule is Cc1ccn2c1-c1[nH]c3ccccc3c(=O)c1C2=O.Cc1ccn2c1-c1[nH]c3ccccc3c(=O)c1C2=O. The molecule has 4 aromatic heterocycles. The molecular weight excluding hydrogens is 480 g/mol. The Kier molecular flexibility index (Phi) is 4.42. The molecule has 6 heterocycles. The average molecular weight is 501 g/mol. The van der Waals surface area contributed by atoms with Crippen molar-refractivity contribution in [3.05, 3.63) is 116 Å². The molecule has 0 saturated heterocycles. The molecular formula is C30H20N4O4. The maximum absolute atomic E-state index is 12.5. The van der Waals surface area contributed by atoms with Crippen LogP contribution < -0.4 is 10.9 Å². The molecule has 8 heteroatoms. The Labute approximate surface area is 214 Å². The molecule has 0 fully saturated rings. The van der Waals surface area contributed by atoms with Crippen molar-refractivity contribution >= 4 is 33.6 Å². The number of nitrogens with zero attached hydrogens (tertiary/aromatic N) is 2. The van der Waals surface area contributed by atoms with Crippen LogP contribution in [0.5, 0.6) is 0 Å². The second kappa shape index (κ2) is 7.63.